The maximum absolute atomic E-state index is 13.0. The largest absolute Gasteiger partial charge is 0.289 e. The van der Waals surface area contributed by atoms with Crippen LogP contribution in [0.4, 0.5) is 0 Å². The first-order chi connectivity index (χ1) is 9.66. The topological polar surface area (TPSA) is 17.1 Å². The molecule has 2 aliphatic rings. The Morgan fingerprint density at radius 2 is 2.10 bits per heavy atom. The van der Waals surface area contributed by atoms with Crippen LogP contribution in [0.5, 0.6) is 0 Å². The number of aryl methyl sites for hydroxylation is 1. The van der Waals surface area contributed by atoms with Crippen molar-refractivity contribution in [3.8, 4) is 0 Å². The summed E-state index contributed by atoms with van der Waals surface area (Å²) in [5.41, 5.74) is 3.56. The summed E-state index contributed by atoms with van der Waals surface area (Å²) in [5.74, 6) is 0.639. The van der Waals surface area contributed by atoms with E-state index in [1.54, 1.807) is 0 Å². The van der Waals surface area contributed by atoms with E-state index in [-0.39, 0.29) is 0 Å². The summed E-state index contributed by atoms with van der Waals surface area (Å²) in [7, 11) is 0. The van der Waals surface area contributed by atoms with Crippen molar-refractivity contribution in [1.82, 2.24) is 0 Å². The smallest absolute Gasteiger partial charge is 0.191 e. The fourth-order valence-electron chi connectivity index (χ4n) is 3.32. The second-order valence-electron chi connectivity index (χ2n) is 6.17. The molecule has 0 saturated carbocycles. The highest BCUT2D eigenvalue weighted by Crippen LogP contribution is 2.31. The molecular weight excluding hydrogens is 264 g/mol. The predicted molar refractivity (Wildman–Crippen MR) is 87.5 cm³/mol. The zero-order valence-electron chi connectivity index (χ0n) is 12.4. The molecule has 0 bridgehead atoms. The van der Waals surface area contributed by atoms with E-state index in [0.717, 1.165) is 36.0 Å². The van der Waals surface area contributed by atoms with Crippen LogP contribution >= 0.6 is 11.3 Å². The van der Waals surface area contributed by atoms with Gasteiger partial charge in [-0.2, -0.15) is 0 Å². The molecule has 0 spiro atoms. The molecule has 106 valence electrons. The van der Waals surface area contributed by atoms with Gasteiger partial charge in [-0.15, -0.1) is 11.3 Å². The van der Waals surface area contributed by atoms with Gasteiger partial charge in [0.05, 0.1) is 0 Å². The molecule has 2 heteroatoms. The third kappa shape index (κ3) is 2.54. The van der Waals surface area contributed by atoms with Gasteiger partial charge < -0.3 is 0 Å². The van der Waals surface area contributed by atoms with Gasteiger partial charge in [-0.25, -0.2) is 0 Å². The molecule has 1 nitrogen and oxygen atoms in total. The van der Waals surface area contributed by atoms with E-state index in [9.17, 15) is 4.79 Å². The van der Waals surface area contributed by atoms with Crippen LogP contribution in [0.2, 0.25) is 0 Å². The van der Waals surface area contributed by atoms with Crippen molar-refractivity contribution in [3.63, 3.8) is 0 Å². The molecule has 0 radical (unpaired) electrons. The van der Waals surface area contributed by atoms with Crippen LogP contribution in [0.1, 0.15) is 54.0 Å². The van der Waals surface area contributed by atoms with E-state index in [1.807, 2.05) is 11.3 Å². The minimum Gasteiger partial charge on any atom is -0.289 e. The van der Waals surface area contributed by atoms with Gasteiger partial charge in [0.2, 0.25) is 0 Å². The van der Waals surface area contributed by atoms with E-state index in [1.165, 1.54) is 29.0 Å². The molecule has 0 aliphatic heterocycles. The van der Waals surface area contributed by atoms with Crippen LogP contribution in [0.3, 0.4) is 0 Å². The molecule has 0 amide bonds. The summed E-state index contributed by atoms with van der Waals surface area (Å²) < 4.78 is 0. The minimum absolute atomic E-state index is 0.319. The van der Waals surface area contributed by atoms with Gasteiger partial charge in [0.25, 0.3) is 0 Å². The first-order valence-corrected chi connectivity index (χ1v) is 8.50. The molecule has 0 aromatic carbocycles. The van der Waals surface area contributed by atoms with Gasteiger partial charge in [0, 0.05) is 27.3 Å². The van der Waals surface area contributed by atoms with Crippen molar-refractivity contribution < 1.29 is 0 Å². The van der Waals surface area contributed by atoms with Crippen molar-refractivity contribution in [1.29, 1.82) is 0 Å². The van der Waals surface area contributed by atoms with Crippen molar-refractivity contribution in [2.24, 2.45) is 5.92 Å². The molecule has 0 fully saturated rings. The molecule has 1 heterocycles. The first-order valence-electron chi connectivity index (χ1n) is 7.68. The van der Waals surface area contributed by atoms with Gasteiger partial charge in [0.15, 0.2) is 5.43 Å². The van der Waals surface area contributed by atoms with Gasteiger partial charge in [0.1, 0.15) is 0 Å². The zero-order chi connectivity index (χ0) is 14.1. The molecular formula is C18H22OS. The van der Waals surface area contributed by atoms with Gasteiger partial charge in [-0.3, -0.25) is 4.79 Å². The Morgan fingerprint density at radius 1 is 1.25 bits per heavy atom. The lowest BCUT2D eigenvalue weighted by atomic mass is 9.90. The average Bonchev–Trinajstić information content (AvgIpc) is 2.58. The highest BCUT2D eigenvalue weighted by atomic mass is 32.1. The second kappa shape index (κ2) is 5.69. The Labute approximate surface area is 125 Å². The van der Waals surface area contributed by atoms with Crippen molar-refractivity contribution in [2.45, 2.75) is 52.4 Å². The van der Waals surface area contributed by atoms with Gasteiger partial charge in [-0.1, -0.05) is 38.0 Å². The van der Waals surface area contributed by atoms with Crippen LogP contribution < -0.4 is 5.43 Å². The Hall–Kier alpha value is -1.15. The molecule has 3 rings (SSSR count). The van der Waals surface area contributed by atoms with E-state index >= 15 is 0 Å². The van der Waals surface area contributed by atoms with Crippen LogP contribution in [-0.2, 0) is 19.3 Å². The zero-order valence-corrected chi connectivity index (χ0v) is 13.2. The third-order valence-electron chi connectivity index (χ3n) is 4.45. The Balaban J connectivity index is 2.19. The lowest BCUT2D eigenvalue weighted by Gasteiger charge is -2.20. The molecule has 2 aliphatic carbocycles. The first kappa shape index (κ1) is 13.8. The second-order valence-corrected chi connectivity index (χ2v) is 7.36. The third-order valence-corrected chi connectivity index (χ3v) is 5.76. The van der Waals surface area contributed by atoms with Gasteiger partial charge in [-0.05, 0) is 37.7 Å². The molecule has 1 atom stereocenters. The number of hydrogen-bond donors (Lipinski definition) is 0. The van der Waals surface area contributed by atoms with E-state index < -0.39 is 0 Å². The standard InChI is InChI=1S/C18H22OS/c1-12-7-3-5-9-15-14(11-12)18(19)17-13(2)8-4-6-10-16(17)20-15/h4,6,8,12H,3,5,7,9-11H2,1-2H3/t12-/m0/s1. The minimum atomic E-state index is 0.319. The highest BCUT2D eigenvalue weighted by molar-refractivity contribution is 7.12. The van der Waals surface area contributed by atoms with E-state index in [0.29, 0.717) is 11.3 Å². The molecule has 0 unspecified atom stereocenters. The molecule has 0 N–H and O–H groups in total. The van der Waals surface area contributed by atoms with Crippen LogP contribution in [-0.4, -0.2) is 0 Å². The fraction of sp³-hybridized carbons (Fsp3) is 0.500. The van der Waals surface area contributed by atoms with Crippen molar-refractivity contribution in [2.75, 3.05) is 0 Å². The quantitative estimate of drug-likeness (QED) is 0.685. The van der Waals surface area contributed by atoms with Crippen molar-refractivity contribution >= 4 is 16.9 Å². The Bertz CT molecular complexity index is 634. The summed E-state index contributed by atoms with van der Waals surface area (Å²) >= 11 is 1.89. The van der Waals surface area contributed by atoms with Crippen LogP contribution in [0.15, 0.2) is 23.0 Å². The van der Waals surface area contributed by atoms with Crippen molar-refractivity contribution in [3.05, 3.63) is 49.3 Å². The van der Waals surface area contributed by atoms with E-state index in [2.05, 4.69) is 32.1 Å². The maximum Gasteiger partial charge on any atom is 0.191 e. The molecule has 0 saturated heterocycles. The Kier molecular flexibility index (Phi) is 3.93. The molecule has 1 aromatic rings. The van der Waals surface area contributed by atoms with Crippen LogP contribution in [0, 0.1) is 5.92 Å². The van der Waals surface area contributed by atoms with E-state index in [4.69, 9.17) is 0 Å². The molecule has 1 aromatic heterocycles. The average molecular weight is 286 g/mol. The van der Waals surface area contributed by atoms with Crippen LogP contribution in [0.25, 0.3) is 5.57 Å². The normalized spacial score (nSPS) is 22.1. The lowest BCUT2D eigenvalue weighted by Crippen LogP contribution is -2.21. The summed E-state index contributed by atoms with van der Waals surface area (Å²) in [6.07, 6.45) is 13.1. The SMILES string of the molecule is CC1=CC=CCc2sc3c(c(=O)c21)C[C@@H](C)CCCC3. The fourth-order valence-corrected chi connectivity index (χ4v) is 4.69. The number of rotatable bonds is 0. The summed E-state index contributed by atoms with van der Waals surface area (Å²) in [6, 6.07) is 0. The Morgan fingerprint density at radius 3 is 2.95 bits per heavy atom. The number of fused-ring (bicyclic) bond motifs is 2. The predicted octanol–water partition coefficient (Wildman–Crippen LogP) is 4.53. The number of hydrogen-bond acceptors (Lipinski definition) is 2. The lowest BCUT2D eigenvalue weighted by molar-refractivity contribution is 0.481. The maximum atomic E-state index is 13.0. The number of allylic oxidation sites excluding steroid dienone is 4. The summed E-state index contributed by atoms with van der Waals surface area (Å²) in [6.45, 7) is 4.36. The molecule has 20 heavy (non-hydrogen) atoms. The highest BCUT2D eigenvalue weighted by Gasteiger charge is 2.21. The summed E-state index contributed by atoms with van der Waals surface area (Å²) in [4.78, 5) is 15.6. The van der Waals surface area contributed by atoms with Gasteiger partial charge >= 0.3 is 0 Å². The summed E-state index contributed by atoms with van der Waals surface area (Å²) in [5, 5.41) is 0. The monoisotopic (exact) mass is 286 g/mol.